The van der Waals surface area contributed by atoms with Gasteiger partial charge in [0.05, 0.1) is 19.1 Å². The van der Waals surface area contributed by atoms with Crippen LogP contribution in [0.3, 0.4) is 0 Å². The first-order valence-electron chi connectivity index (χ1n) is 9.37. The quantitative estimate of drug-likeness (QED) is 0.439. The molecule has 0 unspecified atom stereocenters. The summed E-state index contributed by atoms with van der Waals surface area (Å²) in [6, 6.07) is 18.5. The Kier molecular flexibility index (Phi) is 7.03. The number of hydrogen-bond donors (Lipinski definition) is 2. The summed E-state index contributed by atoms with van der Waals surface area (Å²) in [7, 11) is 1.51. The van der Waals surface area contributed by atoms with Gasteiger partial charge in [-0.2, -0.15) is 5.10 Å². The Hall–Kier alpha value is -3.38. The number of ether oxygens (including phenoxy) is 1. The van der Waals surface area contributed by atoms with Crippen molar-refractivity contribution in [3.63, 3.8) is 0 Å². The Labute approximate surface area is 179 Å². The van der Waals surface area contributed by atoms with Crippen molar-refractivity contribution < 1.29 is 14.3 Å². The summed E-state index contributed by atoms with van der Waals surface area (Å²) in [5, 5.41) is 9.40. The Morgan fingerprint density at radius 2 is 1.70 bits per heavy atom. The first kappa shape index (κ1) is 21.3. The van der Waals surface area contributed by atoms with Crippen LogP contribution in [-0.2, 0) is 11.3 Å². The van der Waals surface area contributed by atoms with Crippen molar-refractivity contribution in [1.82, 2.24) is 10.7 Å². The van der Waals surface area contributed by atoms with E-state index < -0.39 is 5.91 Å². The zero-order chi connectivity index (χ0) is 21.5. The third-order valence-corrected chi connectivity index (χ3v) is 4.73. The molecule has 2 N–H and O–H groups in total. The highest BCUT2D eigenvalue weighted by Crippen LogP contribution is 2.25. The van der Waals surface area contributed by atoms with E-state index in [9.17, 15) is 9.59 Å². The standard InChI is InChI=1S/C23H22ClN3O3/c1-15(11-22(28)25-14-16-7-9-19(24)10-8-16)26-27-23(29)20-12-17-5-3-4-6-18(17)13-21(20)30-2/h3-10,12-13H,11,14H2,1-2H3,(H,25,28)(H,27,29). The molecule has 0 spiro atoms. The SMILES string of the molecule is COc1cc2ccccc2cc1C(=O)NN=C(C)CC(=O)NCc1ccc(Cl)cc1. The summed E-state index contributed by atoms with van der Waals surface area (Å²) >= 11 is 5.85. The highest BCUT2D eigenvalue weighted by Gasteiger charge is 2.13. The molecule has 3 aromatic rings. The maximum absolute atomic E-state index is 12.6. The number of carbonyl (C=O) groups is 2. The summed E-state index contributed by atoms with van der Waals surface area (Å²) in [6.07, 6.45) is 0.0721. The summed E-state index contributed by atoms with van der Waals surface area (Å²) < 4.78 is 5.35. The van der Waals surface area contributed by atoms with Crippen molar-refractivity contribution in [2.24, 2.45) is 5.10 Å². The molecule has 2 amide bonds. The van der Waals surface area contributed by atoms with Gasteiger partial charge >= 0.3 is 0 Å². The molecule has 154 valence electrons. The van der Waals surface area contributed by atoms with E-state index in [-0.39, 0.29) is 12.3 Å². The lowest BCUT2D eigenvalue weighted by atomic mass is 10.1. The second-order valence-corrected chi connectivity index (χ2v) is 7.20. The molecule has 30 heavy (non-hydrogen) atoms. The van der Waals surface area contributed by atoms with Gasteiger partial charge in [0.1, 0.15) is 5.75 Å². The molecule has 0 aliphatic heterocycles. The van der Waals surface area contributed by atoms with E-state index in [0.29, 0.717) is 28.6 Å². The van der Waals surface area contributed by atoms with Crippen LogP contribution in [0.5, 0.6) is 5.75 Å². The van der Waals surface area contributed by atoms with Crippen LogP contribution in [0.4, 0.5) is 0 Å². The normalized spacial score (nSPS) is 11.2. The van der Waals surface area contributed by atoms with Gasteiger partial charge in [0.25, 0.3) is 5.91 Å². The molecule has 6 nitrogen and oxygen atoms in total. The molecule has 0 atom stereocenters. The van der Waals surface area contributed by atoms with Crippen molar-refractivity contribution in [3.8, 4) is 5.75 Å². The molecule has 7 heteroatoms. The van der Waals surface area contributed by atoms with E-state index in [1.54, 1.807) is 25.1 Å². The second-order valence-electron chi connectivity index (χ2n) is 6.77. The van der Waals surface area contributed by atoms with E-state index in [4.69, 9.17) is 16.3 Å². The largest absolute Gasteiger partial charge is 0.496 e. The number of hydrogen-bond acceptors (Lipinski definition) is 4. The Bertz CT molecular complexity index is 1090. The molecule has 3 aromatic carbocycles. The molecule has 0 aromatic heterocycles. The molecule has 0 heterocycles. The highest BCUT2D eigenvalue weighted by atomic mass is 35.5. The predicted molar refractivity (Wildman–Crippen MR) is 119 cm³/mol. The number of rotatable bonds is 7. The monoisotopic (exact) mass is 423 g/mol. The van der Waals surface area contributed by atoms with Crippen LogP contribution in [0.15, 0.2) is 65.8 Å². The number of amides is 2. The maximum Gasteiger partial charge on any atom is 0.275 e. The van der Waals surface area contributed by atoms with Crippen molar-refractivity contribution >= 4 is 39.9 Å². The molecule has 0 aliphatic rings. The van der Waals surface area contributed by atoms with Crippen LogP contribution in [-0.4, -0.2) is 24.6 Å². The third kappa shape index (κ3) is 5.58. The van der Waals surface area contributed by atoms with Crippen molar-refractivity contribution in [1.29, 1.82) is 0 Å². The van der Waals surface area contributed by atoms with Gasteiger partial charge in [-0.05, 0) is 47.5 Å². The van der Waals surface area contributed by atoms with E-state index in [2.05, 4.69) is 15.8 Å². The fourth-order valence-corrected chi connectivity index (χ4v) is 3.04. The zero-order valence-corrected chi connectivity index (χ0v) is 17.5. The summed E-state index contributed by atoms with van der Waals surface area (Å²) in [6.45, 7) is 2.07. The second kappa shape index (κ2) is 9.89. The minimum atomic E-state index is -0.404. The fourth-order valence-electron chi connectivity index (χ4n) is 2.91. The van der Waals surface area contributed by atoms with Crippen molar-refractivity contribution in [3.05, 3.63) is 76.8 Å². The molecule has 0 radical (unpaired) electrons. The van der Waals surface area contributed by atoms with Gasteiger partial charge < -0.3 is 10.1 Å². The van der Waals surface area contributed by atoms with Crippen LogP contribution in [0, 0.1) is 0 Å². The Balaban J connectivity index is 1.59. The molecule has 0 bridgehead atoms. The van der Waals surface area contributed by atoms with Gasteiger partial charge in [0, 0.05) is 17.3 Å². The van der Waals surface area contributed by atoms with Crippen molar-refractivity contribution in [2.45, 2.75) is 19.9 Å². The van der Waals surface area contributed by atoms with E-state index in [1.165, 1.54) is 7.11 Å². The van der Waals surface area contributed by atoms with Gasteiger partial charge in [0.2, 0.25) is 5.91 Å². The van der Waals surface area contributed by atoms with Crippen LogP contribution in [0.2, 0.25) is 5.02 Å². The molecular weight excluding hydrogens is 402 g/mol. The number of halogens is 1. The maximum atomic E-state index is 12.6. The van der Waals surface area contributed by atoms with Gasteiger partial charge in [-0.3, -0.25) is 9.59 Å². The van der Waals surface area contributed by atoms with E-state index in [1.807, 2.05) is 42.5 Å². The Morgan fingerprint density at radius 3 is 2.37 bits per heavy atom. The first-order chi connectivity index (χ1) is 14.5. The summed E-state index contributed by atoms with van der Waals surface area (Å²) in [5.41, 5.74) is 4.30. The average molecular weight is 424 g/mol. The van der Waals surface area contributed by atoms with Gasteiger partial charge in [-0.25, -0.2) is 5.43 Å². The highest BCUT2D eigenvalue weighted by molar-refractivity contribution is 6.30. The van der Waals surface area contributed by atoms with Gasteiger partial charge in [-0.15, -0.1) is 0 Å². The lowest BCUT2D eigenvalue weighted by molar-refractivity contribution is -0.120. The molecule has 0 aliphatic carbocycles. The predicted octanol–water partition coefficient (Wildman–Crippen LogP) is 4.31. The number of nitrogens with zero attached hydrogens (tertiary/aromatic N) is 1. The minimum Gasteiger partial charge on any atom is -0.496 e. The van der Waals surface area contributed by atoms with Gasteiger partial charge in [0.15, 0.2) is 0 Å². The number of hydrazone groups is 1. The average Bonchev–Trinajstić information content (AvgIpc) is 2.76. The molecule has 3 rings (SSSR count). The van der Waals surface area contributed by atoms with Gasteiger partial charge in [-0.1, -0.05) is 48.0 Å². The topological polar surface area (TPSA) is 79.8 Å². The number of carbonyl (C=O) groups excluding carboxylic acids is 2. The lowest BCUT2D eigenvalue weighted by Crippen LogP contribution is -2.26. The Morgan fingerprint density at radius 1 is 1.03 bits per heavy atom. The van der Waals surface area contributed by atoms with Crippen LogP contribution in [0.25, 0.3) is 10.8 Å². The van der Waals surface area contributed by atoms with Crippen LogP contribution >= 0.6 is 11.6 Å². The number of fused-ring (bicyclic) bond motifs is 1. The summed E-state index contributed by atoms with van der Waals surface area (Å²) in [5.74, 6) is -0.137. The van der Waals surface area contributed by atoms with E-state index in [0.717, 1.165) is 16.3 Å². The molecular formula is C23H22ClN3O3. The zero-order valence-electron chi connectivity index (χ0n) is 16.7. The first-order valence-corrected chi connectivity index (χ1v) is 9.75. The third-order valence-electron chi connectivity index (χ3n) is 4.48. The fraction of sp³-hybridized carbons (Fsp3) is 0.174. The minimum absolute atomic E-state index is 0.0721. The lowest BCUT2D eigenvalue weighted by Gasteiger charge is -2.10. The molecule has 0 saturated heterocycles. The molecule has 0 fully saturated rings. The van der Waals surface area contributed by atoms with Crippen molar-refractivity contribution in [2.75, 3.05) is 7.11 Å². The molecule has 0 saturated carbocycles. The number of nitrogens with one attached hydrogen (secondary N) is 2. The van der Waals surface area contributed by atoms with Crippen LogP contribution in [0.1, 0.15) is 29.3 Å². The number of benzene rings is 3. The smallest absolute Gasteiger partial charge is 0.275 e. The van der Waals surface area contributed by atoms with E-state index >= 15 is 0 Å². The summed E-state index contributed by atoms with van der Waals surface area (Å²) in [4.78, 5) is 24.7. The number of methoxy groups -OCH3 is 1. The van der Waals surface area contributed by atoms with Crippen LogP contribution < -0.4 is 15.5 Å².